The number of aliphatic carboxylic acids is 1. The fraction of sp³-hybridized carbons (Fsp3) is 0.867. The standard InChI is InChI=1S/C15H29NO3/c1-3-4-5-6-7-8-9-10-11-14(17)12-16(2)13-15(18)19/h3-13H2,1-2H3,(H,18,19). The number of carboxylic acids is 1. The van der Waals surface area contributed by atoms with E-state index >= 15 is 0 Å². The van der Waals surface area contributed by atoms with E-state index in [9.17, 15) is 9.59 Å². The maximum atomic E-state index is 11.6. The fourth-order valence-corrected chi connectivity index (χ4v) is 2.12. The van der Waals surface area contributed by atoms with Crippen LogP contribution in [-0.4, -0.2) is 41.9 Å². The first-order valence-corrected chi connectivity index (χ1v) is 7.48. The van der Waals surface area contributed by atoms with Crippen molar-refractivity contribution < 1.29 is 14.7 Å². The lowest BCUT2D eigenvalue weighted by molar-refractivity contribution is -0.138. The molecule has 0 radical (unpaired) electrons. The second kappa shape index (κ2) is 12.2. The third-order valence-corrected chi connectivity index (χ3v) is 3.16. The first-order valence-electron chi connectivity index (χ1n) is 7.48. The molecule has 0 aliphatic rings. The van der Waals surface area contributed by atoms with E-state index in [4.69, 9.17) is 5.11 Å². The van der Waals surface area contributed by atoms with E-state index in [0.717, 1.165) is 12.8 Å². The number of rotatable bonds is 13. The van der Waals surface area contributed by atoms with E-state index in [1.165, 1.54) is 38.5 Å². The Morgan fingerprint density at radius 3 is 1.95 bits per heavy atom. The summed E-state index contributed by atoms with van der Waals surface area (Å²) in [7, 11) is 1.67. The van der Waals surface area contributed by atoms with Gasteiger partial charge in [-0.3, -0.25) is 14.5 Å². The van der Waals surface area contributed by atoms with Crippen molar-refractivity contribution in [2.75, 3.05) is 20.1 Å². The molecule has 0 aliphatic heterocycles. The molecule has 0 fully saturated rings. The van der Waals surface area contributed by atoms with Crippen molar-refractivity contribution in [1.29, 1.82) is 0 Å². The second-order valence-corrected chi connectivity index (χ2v) is 5.33. The molecular formula is C15H29NO3. The number of hydrogen-bond acceptors (Lipinski definition) is 3. The van der Waals surface area contributed by atoms with Crippen LogP contribution in [0.4, 0.5) is 0 Å². The van der Waals surface area contributed by atoms with Crippen LogP contribution < -0.4 is 0 Å². The average molecular weight is 271 g/mol. The highest BCUT2D eigenvalue weighted by molar-refractivity contribution is 5.81. The number of carbonyl (C=O) groups excluding carboxylic acids is 1. The molecule has 112 valence electrons. The molecule has 19 heavy (non-hydrogen) atoms. The lowest BCUT2D eigenvalue weighted by atomic mass is 10.1. The third-order valence-electron chi connectivity index (χ3n) is 3.16. The van der Waals surface area contributed by atoms with Crippen LogP contribution in [0.3, 0.4) is 0 Å². The van der Waals surface area contributed by atoms with E-state index in [0.29, 0.717) is 6.42 Å². The summed E-state index contributed by atoms with van der Waals surface area (Å²) in [4.78, 5) is 23.6. The maximum Gasteiger partial charge on any atom is 0.317 e. The Kier molecular flexibility index (Phi) is 11.6. The molecule has 0 saturated heterocycles. The number of Topliss-reactive ketones (excluding diaryl/α,β-unsaturated/α-hetero) is 1. The summed E-state index contributed by atoms with van der Waals surface area (Å²) in [5, 5.41) is 8.58. The van der Waals surface area contributed by atoms with Crippen molar-refractivity contribution >= 4 is 11.8 Å². The molecule has 0 unspecified atom stereocenters. The normalized spacial score (nSPS) is 10.9. The molecule has 4 heteroatoms. The minimum Gasteiger partial charge on any atom is -0.480 e. The molecule has 0 bridgehead atoms. The molecule has 0 rings (SSSR count). The molecular weight excluding hydrogens is 242 g/mol. The van der Waals surface area contributed by atoms with E-state index < -0.39 is 5.97 Å². The number of carbonyl (C=O) groups is 2. The van der Waals surface area contributed by atoms with Crippen LogP contribution in [0.1, 0.15) is 64.7 Å². The van der Waals surface area contributed by atoms with Gasteiger partial charge in [0.15, 0.2) is 0 Å². The average Bonchev–Trinajstić information content (AvgIpc) is 2.31. The minimum atomic E-state index is -0.887. The second-order valence-electron chi connectivity index (χ2n) is 5.33. The van der Waals surface area contributed by atoms with Gasteiger partial charge in [-0.15, -0.1) is 0 Å². The van der Waals surface area contributed by atoms with Gasteiger partial charge >= 0.3 is 5.97 Å². The number of unbranched alkanes of at least 4 members (excludes halogenated alkanes) is 7. The molecule has 0 saturated carbocycles. The van der Waals surface area contributed by atoms with Gasteiger partial charge in [-0.2, -0.15) is 0 Å². The Morgan fingerprint density at radius 1 is 0.895 bits per heavy atom. The predicted molar refractivity (Wildman–Crippen MR) is 77.4 cm³/mol. The molecule has 1 N–H and O–H groups in total. The van der Waals surface area contributed by atoms with Gasteiger partial charge in [0.2, 0.25) is 0 Å². The van der Waals surface area contributed by atoms with Crippen LogP contribution in [0.25, 0.3) is 0 Å². The Hall–Kier alpha value is -0.900. The van der Waals surface area contributed by atoms with Crippen molar-refractivity contribution in [2.45, 2.75) is 64.7 Å². The third kappa shape index (κ3) is 13.3. The van der Waals surface area contributed by atoms with Crippen LogP contribution in [0.5, 0.6) is 0 Å². The van der Waals surface area contributed by atoms with Crippen LogP contribution in [0.2, 0.25) is 0 Å². The largest absolute Gasteiger partial charge is 0.480 e. The number of nitrogens with zero attached hydrogens (tertiary/aromatic N) is 1. The predicted octanol–water partition coefficient (Wildman–Crippen LogP) is 3.10. The summed E-state index contributed by atoms with van der Waals surface area (Å²) in [6.07, 6.45) is 10.4. The Bertz CT molecular complexity index is 254. The van der Waals surface area contributed by atoms with Crippen molar-refractivity contribution in [2.24, 2.45) is 0 Å². The SMILES string of the molecule is CCCCCCCCCCC(=O)CN(C)CC(=O)O. The zero-order chi connectivity index (χ0) is 14.5. The first-order chi connectivity index (χ1) is 9.06. The summed E-state index contributed by atoms with van der Waals surface area (Å²) in [6, 6.07) is 0. The zero-order valence-corrected chi connectivity index (χ0v) is 12.5. The van der Waals surface area contributed by atoms with Crippen molar-refractivity contribution in [1.82, 2.24) is 4.90 Å². The number of ketones is 1. The van der Waals surface area contributed by atoms with Gasteiger partial charge in [0, 0.05) is 6.42 Å². The van der Waals surface area contributed by atoms with Crippen molar-refractivity contribution in [3.8, 4) is 0 Å². The Morgan fingerprint density at radius 2 is 1.42 bits per heavy atom. The van der Waals surface area contributed by atoms with Crippen LogP contribution in [-0.2, 0) is 9.59 Å². The van der Waals surface area contributed by atoms with Crippen LogP contribution >= 0.6 is 0 Å². The van der Waals surface area contributed by atoms with Gasteiger partial charge in [0.1, 0.15) is 5.78 Å². The summed E-state index contributed by atoms with van der Waals surface area (Å²) in [5.74, 6) is -0.739. The number of hydrogen-bond donors (Lipinski definition) is 1. The monoisotopic (exact) mass is 271 g/mol. The molecule has 0 aromatic heterocycles. The number of likely N-dealkylation sites (N-methyl/N-ethyl adjacent to an activating group) is 1. The van der Waals surface area contributed by atoms with Crippen molar-refractivity contribution in [3.63, 3.8) is 0 Å². The Labute approximate surface area is 117 Å². The summed E-state index contributed by atoms with van der Waals surface area (Å²) in [6.45, 7) is 2.40. The summed E-state index contributed by atoms with van der Waals surface area (Å²) in [5.41, 5.74) is 0. The molecule has 0 amide bonds. The summed E-state index contributed by atoms with van der Waals surface area (Å²) >= 11 is 0. The lowest BCUT2D eigenvalue weighted by Crippen LogP contribution is -2.30. The van der Waals surface area contributed by atoms with Crippen LogP contribution in [0, 0.1) is 0 Å². The van der Waals surface area contributed by atoms with E-state index in [2.05, 4.69) is 6.92 Å². The highest BCUT2D eigenvalue weighted by Gasteiger charge is 2.09. The maximum absolute atomic E-state index is 11.6. The summed E-state index contributed by atoms with van der Waals surface area (Å²) < 4.78 is 0. The van der Waals surface area contributed by atoms with Crippen LogP contribution in [0.15, 0.2) is 0 Å². The van der Waals surface area contributed by atoms with Gasteiger partial charge in [-0.05, 0) is 13.5 Å². The fourth-order valence-electron chi connectivity index (χ4n) is 2.12. The Balaban J connectivity index is 3.36. The van der Waals surface area contributed by atoms with Gasteiger partial charge in [0.25, 0.3) is 0 Å². The number of carboxylic acid groups (broad SMARTS) is 1. The highest BCUT2D eigenvalue weighted by Crippen LogP contribution is 2.09. The van der Waals surface area contributed by atoms with Gasteiger partial charge in [-0.25, -0.2) is 0 Å². The van der Waals surface area contributed by atoms with Gasteiger partial charge in [0.05, 0.1) is 13.1 Å². The first kappa shape index (κ1) is 18.1. The quantitative estimate of drug-likeness (QED) is 0.523. The zero-order valence-electron chi connectivity index (χ0n) is 12.5. The van der Waals surface area contributed by atoms with E-state index in [1.807, 2.05) is 0 Å². The van der Waals surface area contributed by atoms with Gasteiger partial charge < -0.3 is 5.11 Å². The van der Waals surface area contributed by atoms with Gasteiger partial charge in [-0.1, -0.05) is 51.9 Å². The smallest absolute Gasteiger partial charge is 0.317 e. The molecule has 0 atom stereocenters. The van der Waals surface area contributed by atoms with E-state index in [-0.39, 0.29) is 18.9 Å². The molecule has 4 nitrogen and oxygen atoms in total. The topological polar surface area (TPSA) is 57.6 Å². The molecule has 0 heterocycles. The molecule has 0 aromatic rings. The highest BCUT2D eigenvalue weighted by atomic mass is 16.4. The lowest BCUT2D eigenvalue weighted by Gasteiger charge is -2.12. The molecule has 0 aliphatic carbocycles. The van der Waals surface area contributed by atoms with Crippen molar-refractivity contribution in [3.05, 3.63) is 0 Å². The van der Waals surface area contributed by atoms with E-state index in [1.54, 1.807) is 11.9 Å². The molecule has 0 spiro atoms. The minimum absolute atomic E-state index is 0.0663. The molecule has 0 aromatic carbocycles.